The molecule has 100 valence electrons. The van der Waals surface area contributed by atoms with Gasteiger partial charge in [-0.15, -0.1) is 0 Å². The third-order valence-electron chi connectivity index (χ3n) is 2.54. The molecule has 2 aromatic carbocycles. The summed E-state index contributed by atoms with van der Waals surface area (Å²) in [5, 5.41) is 3.39. The average Bonchev–Trinajstić information content (AvgIpc) is 2.38. The van der Waals surface area contributed by atoms with Crippen LogP contribution in [-0.2, 0) is 0 Å². The first-order valence-electron chi connectivity index (χ1n) is 5.36. The fraction of sp³-hybridized carbons (Fsp3) is 0.0769. The Hall–Kier alpha value is -1.65. The first-order chi connectivity index (χ1) is 9.01. The van der Waals surface area contributed by atoms with Crippen LogP contribution in [0.25, 0.3) is 0 Å². The van der Waals surface area contributed by atoms with Crippen LogP contribution in [-0.4, -0.2) is 7.11 Å². The van der Waals surface area contributed by atoms with Gasteiger partial charge in [0.25, 0.3) is 0 Å². The van der Waals surface area contributed by atoms with E-state index >= 15 is 0 Å². The van der Waals surface area contributed by atoms with Crippen LogP contribution >= 0.6 is 23.2 Å². The second-order valence-corrected chi connectivity index (χ2v) is 4.64. The van der Waals surface area contributed by atoms with E-state index in [1.165, 1.54) is 12.1 Å². The average molecular weight is 301 g/mol. The summed E-state index contributed by atoms with van der Waals surface area (Å²) in [6, 6.07) is 7.64. The van der Waals surface area contributed by atoms with Gasteiger partial charge in [0, 0.05) is 12.1 Å². The van der Waals surface area contributed by atoms with Crippen molar-refractivity contribution in [1.82, 2.24) is 0 Å². The van der Waals surface area contributed by atoms with Crippen molar-refractivity contribution >= 4 is 40.3 Å². The molecule has 3 nitrogen and oxygen atoms in total. The van der Waals surface area contributed by atoms with Gasteiger partial charge in [-0.25, -0.2) is 4.39 Å². The van der Waals surface area contributed by atoms with E-state index in [0.29, 0.717) is 27.8 Å². The molecule has 0 spiro atoms. The van der Waals surface area contributed by atoms with E-state index in [1.54, 1.807) is 25.3 Å². The molecular formula is C13H11Cl2FN2O. The molecule has 0 amide bonds. The number of benzene rings is 2. The maximum atomic E-state index is 13.4. The van der Waals surface area contributed by atoms with Crippen LogP contribution in [0.15, 0.2) is 30.3 Å². The summed E-state index contributed by atoms with van der Waals surface area (Å²) in [7, 11) is 1.54. The molecule has 0 radical (unpaired) electrons. The topological polar surface area (TPSA) is 47.3 Å². The lowest BCUT2D eigenvalue weighted by molar-refractivity contribution is 0.415. The molecule has 2 rings (SSSR count). The Morgan fingerprint density at radius 2 is 1.84 bits per heavy atom. The van der Waals surface area contributed by atoms with Gasteiger partial charge in [0.05, 0.1) is 34.2 Å². The largest absolute Gasteiger partial charge is 0.497 e. The molecule has 0 aromatic heterocycles. The molecule has 19 heavy (non-hydrogen) atoms. The molecule has 0 saturated carbocycles. The lowest BCUT2D eigenvalue weighted by atomic mass is 10.2. The first kappa shape index (κ1) is 13.8. The summed E-state index contributed by atoms with van der Waals surface area (Å²) < 4.78 is 18.5. The Morgan fingerprint density at radius 3 is 2.53 bits per heavy atom. The second kappa shape index (κ2) is 5.55. The summed E-state index contributed by atoms with van der Waals surface area (Å²) in [5.74, 6) is 0.0669. The summed E-state index contributed by atoms with van der Waals surface area (Å²) in [6.07, 6.45) is 0. The number of rotatable bonds is 3. The van der Waals surface area contributed by atoms with Crippen LogP contribution < -0.4 is 15.8 Å². The number of halogens is 3. The fourth-order valence-corrected chi connectivity index (χ4v) is 1.88. The Labute approximate surface area is 120 Å². The van der Waals surface area contributed by atoms with Crippen LogP contribution in [0.5, 0.6) is 5.75 Å². The zero-order valence-electron chi connectivity index (χ0n) is 10.0. The van der Waals surface area contributed by atoms with Gasteiger partial charge in [-0.3, -0.25) is 0 Å². The van der Waals surface area contributed by atoms with Gasteiger partial charge in [-0.1, -0.05) is 23.2 Å². The molecule has 0 fully saturated rings. The van der Waals surface area contributed by atoms with Crippen molar-refractivity contribution in [3.63, 3.8) is 0 Å². The number of nitrogens with one attached hydrogen (secondary N) is 1. The number of nitrogen functional groups attached to an aromatic ring is 1. The SMILES string of the molecule is COc1ccc(Cl)c(Nc2cc(F)c(Cl)cc2N)c1. The van der Waals surface area contributed by atoms with Crippen molar-refractivity contribution in [3.8, 4) is 5.75 Å². The molecule has 0 heterocycles. The number of anilines is 3. The maximum Gasteiger partial charge on any atom is 0.144 e. The van der Waals surface area contributed by atoms with Crippen molar-refractivity contribution in [2.45, 2.75) is 0 Å². The predicted octanol–water partition coefficient (Wildman–Crippen LogP) is 4.47. The van der Waals surface area contributed by atoms with Crippen molar-refractivity contribution in [2.75, 3.05) is 18.2 Å². The van der Waals surface area contributed by atoms with Gasteiger partial charge in [0.1, 0.15) is 11.6 Å². The van der Waals surface area contributed by atoms with Crippen LogP contribution in [0.4, 0.5) is 21.5 Å². The van der Waals surface area contributed by atoms with Crippen LogP contribution in [0.1, 0.15) is 0 Å². The minimum Gasteiger partial charge on any atom is -0.497 e. The van der Waals surface area contributed by atoms with E-state index in [-0.39, 0.29) is 5.02 Å². The monoisotopic (exact) mass is 300 g/mol. The molecule has 0 atom stereocenters. The Bertz CT molecular complexity index is 620. The van der Waals surface area contributed by atoms with Crippen molar-refractivity contribution in [1.29, 1.82) is 0 Å². The van der Waals surface area contributed by atoms with E-state index in [4.69, 9.17) is 33.7 Å². The highest BCUT2D eigenvalue weighted by molar-refractivity contribution is 6.33. The molecule has 2 aromatic rings. The minimum absolute atomic E-state index is 0.0280. The Balaban J connectivity index is 2.38. The zero-order valence-corrected chi connectivity index (χ0v) is 11.5. The van der Waals surface area contributed by atoms with Crippen molar-refractivity contribution in [2.24, 2.45) is 0 Å². The molecule has 0 bridgehead atoms. The third kappa shape index (κ3) is 3.03. The highest BCUT2D eigenvalue weighted by atomic mass is 35.5. The highest BCUT2D eigenvalue weighted by Gasteiger charge is 2.09. The lowest BCUT2D eigenvalue weighted by Crippen LogP contribution is -1.98. The van der Waals surface area contributed by atoms with Gasteiger partial charge in [-0.2, -0.15) is 0 Å². The molecule has 3 N–H and O–H groups in total. The smallest absolute Gasteiger partial charge is 0.144 e. The normalized spacial score (nSPS) is 10.3. The Kier molecular flexibility index (Phi) is 4.02. The summed E-state index contributed by atoms with van der Waals surface area (Å²) >= 11 is 11.7. The van der Waals surface area contributed by atoms with E-state index < -0.39 is 5.82 Å². The van der Waals surface area contributed by atoms with Crippen LogP contribution in [0, 0.1) is 5.82 Å². The van der Waals surface area contributed by atoms with Gasteiger partial charge in [-0.05, 0) is 18.2 Å². The second-order valence-electron chi connectivity index (χ2n) is 3.82. The van der Waals surface area contributed by atoms with Gasteiger partial charge in [0.15, 0.2) is 0 Å². The maximum absolute atomic E-state index is 13.4. The fourth-order valence-electron chi connectivity index (χ4n) is 1.54. The van der Waals surface area contributed by atoms with Crippen molar-refractivity contribution < 1.29 is 9.13 Å². The quantitative estimate of drug-likeness (QED) is 0.822. The number of methoxy groups -OCH3 is 1. The molecule has 6 heteroatoms. The molecule has 0 aliphatic heterocycles. The highest BCUT2D eigenvalue weighted by Crippen LogP contribution is 2.33. The summed E-state index contributed by atoms with van der Waals surface area (Å²) in [6.45, 7) is 0. The van der Waals surface area contributed by atoms with E-state index in [1.807, 2.05) is 0 Å². The van der Waals surface area contributed by atoms with Gasteiger partial charge < -0.3 is 15.8 Å². The van der Waals surface area contributed by atoms with Gasteiger partial charge in [0.2, 0.25) is 0 Å². The molecular weight excluding hydrogens is 290 g/mol. The van der Waals surface area contributed by atoms with Crippen LogP contribution in [0.3, 0.4) is 0 Å². The lowest BCUT2D eigenvalue weighted by Gasteiger charge is -2.12. The first-order valence-corrected chi connectivity index (χ1v) is 6.12. The predicted molar refractivity (Wildman–Crippen MR) is 77.1 cm³/mol. The third-order valence-corrected chi connectivity index (χ3v) is 3.15. The number of nitrogens with two attached hydrogens (primary N) is 1. The summed E-state index contributed by atoms with van der Waals surface area (Å²) in [5.41, 5.74) is 7.05. The molecule has 0 unspecified atom stereocenters. The van der Waals surface area contributed by atoms with E-state index in [0.717, 1.165) is 0 Å². The van der Waals surface area contributed by atoms with E-state index in [9.17, 15) is 4.39 Å². The Morgan fingerprint density at radius 1 is 1.11 bits per heavy atom. The number of ether oxygens (including phenoxy) is 1. The zero-order chi connectivity index (χ0) is 14.0. The standard InChI is InChI=1S/C13H11Cl2FN2O/c1-19-7-2-3-8(14)12(4-7)18-13-6-10(16)9(15)5-11(13)17/h2-6,18H,17H2,1H3. The molecule has 0 saturated heterocycles. The summed E-state index contributed by atoms with van der Waals surface area (Å²) in [4.78, 5) is 0. The van der Waals surface area contributed by atoms with Crippen LogP contribution in [0.2, 0.25) is 10.0 Å². The molecule has 0 aliphatic rings. The van der Waals surface area contributed by atoms with Crippen molar-refractivity contribution in [3.05, 3.63) is 46.2 Å². The van der Waals surface area contributed by atoms with Gasteiger partial charge >= 0.3 is 0 Å². The minimum atomic E-state index is -0.558. The number of hydrogen-bond donors (Lipinski definition) is 2. The number of hydrogen-bond acceptors (Lipinski definition) is 3. The van der Waals surface area contributed by atoms with E-state index in [2.05, 4.69) is 5.32 Å². The molecule has 0 aliphatic carbocycles.